The molecule has 0 aromatic carbocycles. The van der Waals surface area contributed by atoms with E-state index in [1.807, 2.05) is 6.92 Å². The van der Waals surface area contributed by atoms with Crippen LogP contribution in [0.15, 0.2) is 0 Å². The molecule has 5 nitrogen and oxygen atoms in total. The number of aliphatic carboxylic acids is 1. The Balaban J connectivity index is 1.82. The van der Waals surface area contributed by atoms with Gasteiger partial charge in [-0.05, 0) is 37.6 Å². The topological polar surface area (TPSA) is 78.4 Å². The highest BCUT2D eigenvalue weighted by atomic mass is 16.4. The van der Waals surface area contributed by atoms with Crippen LogP contribution in [0.1, 0.15) is 39.0 Å². The Labute approximate surface area is 114 Å². The predicted octanol–water partition coefficient (Wildman–Crippen LogP) is 0.992. The summed E-state index contributed by atoms with van der Waals surface area (Å²) in [5, 5.41) is 15.2. The molecule has 1 aliphatic carbocycles. The summed E-state index contributed by atoms with van der Waals surface area (Å²) in [7, 11) is 0. The number of hydrogen-bond donors (Lipinski definition) is 3. The van der Waals surface area contributed by atoms with Crippen molar-refractivity contribution in [1.29, 1.82) is 0 Å². The van der Waals surface area contributed by atoms with Gasteiger partial charge in [0.25, 0.3) is 0 Å². The van der Waals surface area contributed by atoms with Gasteiger partial charge >= 0.3 is 5.97 Å². The smallest absolute Gasteiger partial charge is 0.308 e. The standard InChI is InChI=1S/C14H24N2O3/c1-2-4-10(14(18)19)8-16-13(17)12-11-6-3-5-9(11)7-15-12/h9-12,15H,2-8H2,1H3,(H,16,17)(H,18,19). The van der Waals surface area contributed by atoms with Crippen LogP contribution in [0, 0.1) is 17.8 Å². The van der Waals surface area contributed by atoms with Gasteiger partial charge in [-0.15, -0.1) is 0 Å². The van der Waals surface area contributed by atoms with Crippen LogP contribution in [0.3, 0.4) is 0 Å². The molecular weight excluding hydrogens is 244 g/mol. The molecule has 4 unspecified atom stereocenters. The predicted molar refractivity (Wildman–Crippen MR) is 71.7 cm³/mol. The van der Waals surface area contributed by atoms with E-state index in [1.54, 1.807) is 0 Å². The third kappa shape index (κ3) is 3.26. The highest BCUT2D eigenvalue weighted by Gasteiger charge is 2.42. The van der Waals surface area contributed by atoms with E-state index in [9.17, 15) is 9.59 Å². The van der Waals surface area contributed by atoms with Crippen molar-refractivity contribution in [2.24, 2.45) is 17.8 Å². The van der Waals surface area contributed by atoms with Gasteiger partial charge in [-0.3, -0.25) is 9.59 Å². The zero-order valence-electron chi connectivity index (χ0n) is 11.5. The average molecular weight is 268 g/mol. The molecule has 0 aromatic heterocycles. The summed E-state index contributed by atoms with van der Waals surface area (Å²) in [6.45, 7) is 3.14. The van der Waals surface area contributed by atoms with Crippen molar-refractivity contribution in [3.63, 3.8) is 0 Å². The Hall–Kier alpha value is -1.10. The molecule has 2 aliphatic rings. The lowest BCUT2D eigenvalue weighted by molar-refractivity contribution is -0.142. The van der Waals surface area contributed by atoms with Crippen LogP contribution in [-0.2, 0) is 9.59 Å². The number of rotatable bonds is 6. The Morgan fingerprint density at radius 2 is 2.21 bits per heavy atom. The number of carbonyl (C=O) groups is 2. The van der Waals surface area contributed by atoms with E-state index >= 15 is 0 Å². The van der Waals surface area contributed by atoms with Crippen LogP contribution in [0.4, 0.5) is 0 Å². The maximum absolute atomic E-state index is 12.2. The lowest BCUT2D eigenvalue weighted by atomic mass is 9.93. The molecule has 1 amide bonds. The van der Waals surface area contributed by atoms with Gasteiger partial charge in [0.05, 0.1) is 12.0 Å². The van der Waals surface area contributed by atoms with Gasteiger partial charge in [-0.25, -0.2) is 0 Å². The van der Waals surface area contributed by atoms with Crippen molar-refractivity contribution in [1.82, 2.24) is 10.6 Å². The molecule has 2 fully saturated rings. The van der Waals surface area contributed by atoms with Crippen molar-refractivity contribution in [2.45, 2.75) is 45.1 Å². The summed E-state index contributed by atoms with van der Waals surface area (Å²) in [6, 6.07) is -0.108. The number of carboxylic acid groups (broad SMARTS) is 1. The van der Waals surface area contributed by atoms with E-state index in [0.717, 1.165) is 19.4 Å². The average Bonchev–Trinajstić information content (AvgIpc) is 2.95. The van der Waals surface area contributed by atoms with Crippen LogP contribution >= 0.6 is 0 Å². The first-order chi connectivity index (χ1) is 9.13. The minimum Gasteiger partial charge on any atom is -0.481 e. The normalized spacial score (nSPS) is 30.9. The van der Waals surface area contributed by atoms with Gasteiger partial charge in [0, 0.05) is 6.54 Å². The van der Waals surface area contributed by atoms with Gasteiger partial charge in [0.2, 0.25) is 5.91 Å². The van der Waals surface area contributed by atoms with E-state index in [4.69, 9.17) is 5.11 Å². The van der Waals surface area contributed by atoms with E-state index < -0.39 is 11.9 Å². The summed E-state index contributed by atoms with van der Waals surface area (Å²) in [5.74, 6) is -0.206. The van der Waals surface area contributed by atoms with Gasteiger partial charge in [0.15, 0.2) is 0 Å². The van der Waals surface area contributed by atoms with Crippen molar-refractivity contribution >= 4 is 11.9 Å². The molecular formula is C14H24N2O3. The first kappa shape index (κ1) is 14.3. The second kappa shape index (κ2) is 6.37. The lowest BCUT2D eigenvalue weighted by Crippen LogP contribution is -2.46. The Bertz CT molecular complexity index is 346. The molecule has 108 valence electrons. The van der Waals surface area contributed by atoms with Crippen LogP contribution in [-0.4, -0.2) is 36.1 Å². The van der Waals surface area contributed by atoms with Gasteiger partial charge in [-0.2, -0.15) is 0 Å². The Morgan fingerprint density at radius 3 is 2.89 bits per heavy atom. The third-order valence-corrected chi connectivity index (χ3v) is 4.54. The monoisotopic (exact) mass is 268 g/mol. The maximum Gasteiger partial charge on any atom is 0.308 e. The van der Waals surface area contributed by atoms with Crippen molar-refractivity contribution < 1.29 is 14.7 Å². The van der Waals surface area contributed by atoms with Gasteiger partial charge in [-0.1, -0.05) is 19.8 Å². The van der Waals surface area contributed by atoms with E-state index in [-0.39, 0.29) is 18.5 Å². The number of fused-ring (bicyclic) bond motifs is 1. The molecule has 0 aromatic rings. The van der Waals surface area contributed by atoms with Crippen LogP contribution in [0.5, 0.6) is 0 Å². The van der Waals surface area contributed by atoms with E-state index in [0.29, 0.717) is 18.3 Å². The first-order valence-electron chi connectivity index (χ1n) is 7.37. The minimum atomic E-state index is -0.819. The number of amides is 1. The second-order valence-corrected chi connectivity index (χ2v) is 5.81. The molecule has 1 aliphatic heterocycles. The van der Waals surface area contributed by atoms with Crippen molar-refractivity contribution in [2.75, 3.05) is 13.1 Å². The molecule has 5 heteroatoms. The number of carbonyl (C=O) groups excluding carboxylic acids is 1. The molecule has 0 bridgehead atoms. The van der Waals surface area contributed by atoms with Crippen molar-refractivity contribution in [3.8, 4) is 0 Å². The fourth-order valence-electron chi connectivity index (χ4n) is 3.47. The zero-order chi connectivity index (χ0) is 13.8. The molecule has 0 radical (unpaired) electrons. The Morgan fingerprint density at radius 1 is 1.42 bits per heavy atom. The summed E-state index contributed by atoms with van der Waals surface area (Å²) >= 11 is 0. The molecule has 1 heterocycles. The van der Waals surface area contributed by atoms with Crippen molar-refractivity contribution in [3.05, 3.63) is 0 Å². The summed E-state index contributed by atoms with van der Waals surface area (Å²) in [4.78, 5) is 23.2. The van der Waals surface area contributed by atoms with Gasteiger partial charge in [0.1, 0.15) is 0 Å². The van der Waals surface area contributed by atoms with Gasteiger partial charge < -0.3 is 15.7 Å². The highest BCUT2D eigenvalue weighted by molar-refractivity contribution is 5.83. The molecule has 1 saturated heterocycles. The molecule has 1 saturated carbocycles. The largest absolute Gasteiger partial charge is 0.481 e. The summed E-state index contributed by atoms with van der Waals surface area (Å²) in [5.41, 5.74) is 0. The van der Waals surface area contributed by atoms with Crippen LogP contribution < -0.4 is 10.6 Å². The highest BCUT2D eigenvalue weighted by Crippen LogP contribution is 2.37. The van der Waals surface area contributed by atoms with Crippen LogP contribution in [0.25, 0.3) is 0 Å². The van der Waals surface area contributed by atoms with Crippen LogP contribution in [0.2, 0.25) is 0 Å². The molecule has 0 spiro atoms. The fraction of sp³-hybridized carbons (Fsp3) is 0.857. The SMILES string of the molecule is CCCC(CNC(=O)C1NCC2CCCC21)C(=O)O. The molecule has 3 N–H and O–H groups in total. The lowest BCUT2D eigenvalue weighted by Gasteiger charge is -2.19. The summed E-state index contributed by atoms with van der Waals surface area (Å²) in [6.07, 6.45) is 4.98. The number of carboxylic acids is 1. The first-order valence-corrected chi connectivity index (χ1v) is 7.37. The molecule has 4 atom stereocenters. The van der Waals surface area contributed by atoms with E-state index in [2.05, 4.69) is 10.6 Å². The fourth-order valence-corrected chi connectivity index (χ4v) is 3.47. The Kier molecular flexibility index (Phi) is 4.80. The van der Waals surface area contributed by atoms with E-state index in [1.165, 1.54) is 12.8 Å². The number of hydrogen-bond acceptors (Lipinski definition) is 3. The summed E-state index contributed by atoms with van der Waals surface area (Å²) < 4.78 is 0. The second-order valence-electron chi connectivity index (χ2n) is 5.81. The molecule has 2 rings (SSSR count). The third-order valence-electron chi connectivity index (χ3n) is 4.54. The minimum absolute atomic E-state index is 0.0169. The maximum atomic E-state index is 12.2. The zero-order valence-corrected chi connectivity index (χ0v) is 11.5. The quantitative estimate of drug-likeness (QED) is 0.671. The number of nitrogens with one attached hydrogen (secondary N) is 2. The molecule has 19 heavy (non-hydrogen) atoms.